The van der Waals surface area contributed by atoms with Crippen LogP contribution in [0.25, 0.3) is 0 Å². The molecule has 0 aromatic carbocycles. The lowest BCUT2D eigenvalue weighted by molar-refractivity contribution is -0.0164. The number of aliphatic imine (C=N–C) groups is 1. The largest absolute Gasteiger partial charge is 0.381 e. The molecule has 3 heterocycles. The van der Waals surface area contributed by atoms with E-state index in [1.54, 1.807) is 0 Å². The Balaban J connectivity index is 0.00000300. The maximum absolute atomic E-state index is 5.64. The molecule has 29 heavy (non-hydrogen) atoms. The first-order chi connectivity index (χ1) is 13.7. The summed E-state index contributed by atoms with van der Waals surface area (Å²) in [5, 5.41) is 11.2. The maximum atomic E-state index is 5.64. The SMILES string of the molecule is CCC(CC)c1cc(CNC(=NC)NCC2(N3CCCC3)CCOCC2)on1.I. The zero-order chi connectivity index (χ0) is 19.8. The van der Waals surface area contributed by atoms with Crippen LogP contribution in [-0.2, 0) is 11.3 Å². The first-order valence-corrected chi connectivity index (χ1v) is 10.9. The lowest BCUT2D eigenvalue weighted by Gasteiger charge is -2.45. The van der Waals surface area contributed by atoms with Gasteiger partial charge in [-0.15, -0.1) is 24.0 Å². The van der Waals surface area contributed by atoms with Gasteiger partial charge in [0, 0.05) is 44.3 Å². The highest BCUT2D eigenvalue weighted by Crippen LogP contribution is 2.30. The van der Waals surface area contributed by atoms with Gasteiger partial charge in [0.1, 0.15) is 0 Å². The molecule has 0 atom stereocenters. The third kappa shape index (κ3) is 6.30. The summed E-state index contributed by atoms with van der Waals surface area (Å²) in [4.78, 5) is 7.06. The first kappa shape index (κ1) is 24.4. The minimum atomic E-state index is 0. The summed E-state index contributed by atoms with van der Waals surface area (Å²) in [6.45, 7) is 9.97. The molecule has 1 aromatic rings. The second-order valence-electron chi connectivity index (χ2n) is 8.04. The zero-order valence-corrected chi connectivity index (χ0v) is 20.5. The summed E-state index contributed by atoms with van der Waals surface area (Å²) < 4.78 is 11.2. The number of hydrogen-bond donors (Lipinski definition) is 2. The van der Waals surface area contributed by atoms with Gasteiger partial charge in [-0.3, -0.25) is 9.89 Å². The number of nitrogens with zero attached hydrogens (tertiary/aromatic N) is 3. The summed E-state index contributed by atoms with van der Waals surface area (Å²) in [5.41, 5.74) is 1.24. The van der Waals surface area contributed by atoms with Gasteiger partial charge in [0.15, 0.2) is 11.7 Å². The Morgan fingerprint density at radius 3 is 2.52 bits per heavy atom. The molecule has 7 nitrogen and oxygen atoms in total. The molecule has 2 fully saturated rings. The van der Waals surface area contributed by atoms with Gasteiger partial charge in [0.05, 0.1) is 12.2 Å². The summed E-state index contributed by atoms with van der Waals surface area (Å²) in [6.07, 6.45) is 6.94. The van der Waals surface area contributed by atoms with Crippen molar-refractivity contribution in [3.05, 3.63) is 17.5 Å². The Labute approximate surface area is 192 Å². The van der Waals surface area contributed by atoms with Gasteiger partial charge in [-0.1, -0.05) is 19.0 Å². The van der Waals surface area contributed by atoms with E-state index in [0.29, 0.717) is 12.5 Å². The number of halogens is 1. The average Bonchev–Trinajstić information content (AvgIpc) is 3.43. The molecule has 0 radical (unpaired) electrons. The van der Waals surface area contributed by atoms with Crippen LogP contribution in [0, 0.1) is 0 Å². The van der Waals surface area contributed by atoms with E-state index in [1.165, 1.54) is 25.9 Å². The second-order valence-corrected chi connectivity index (χ2v) is 8.04. The lowest BCUT2D eigenvalue weighted by atomic mass is 9.88. The number of nitrogens with one attached hydrogen (secondary N) is 2. The Bertz CT molecular complexity index is 620. The number of ether oxygens (including phenoxy) is 1. The third-order valence-electron chi connectivity index (χ3n) is 6.42. The summed E-state index contributed by atoms with van der Waals surface area (Å²) in [5.74, 6) is 2.14. The molecule has 2 N–H and O–H groups in total. The van der Waals surface area contributed by atoms with Crippen LogP contribution in [0.15, 0.2) is 15.6 Å². The second kappa shape index (κ2) is 12.1. The molecule has 3 rings (SSSR count). The van der Waals surface area contributed by atoms with Gasteiger partial charge >= 0.3 is 0 Å². The molecule has 0 amide bonds. The van der Waals surface area contributed by atoms with Gasteiger partial charge in [-0.25, -0.2) is 0 Å². The van der Waals surface area contributed by atoms with E-state index in [-0.39, 0.29) is 29.5 Å². The normalized spacial score (nSPS) is 19.9. The van der Waals surface area contributed by atoms with Crippen LogP contribution in [0.2, 0.25) is 0 Å². The van der Waals surface area contributed by atoms with Crippen LogP contribution >= 0.6 is 24.0 Å². The highest BCUT2D eigenvalue weighted by Gasteiger charge is 2.39. The molecule has 0 spiro atoms. The van der Waals surface area contributed by atoms with Gasteiger partial charge in [-0.2, -0.15) is 0 Å². The molecular weight excluding hydrogens is 481 g/mol. The molecule has 2 aliphatic rings. The van der Waals surface area contributed by atoms with Crippen LogP contribution in [0.1, 0.15) is 69.7 Å². The molecule has 1 aromatic heterocycles. The predicted octanol–water partition coefficient (Wildman–Crippen LogP) is 3.51. The van der Waals surface area contributed by atoms with Crippen molar-refractivity contribution < 1.29 is 9.26 Å². The number of guanidine groups is 1. The minimum Gasteiger partial charge on any atom is -0.381 e. The van der Waals surface area contributed by atoms with Crippen molar-refractivity contribution in [3.63, 3.8) is 0 Å². The van der Waals surface area contributed by atoms with E-state index in [9.17, 15) is 0 Å². The van der Waals surface area contributed by atoms with Crippen molar-refractivity contribution in [2.45, 2.75) is 70.4 Å². The quantitative estimate of drug-likeness (QED) is 0.311. The molecule has 0 unspecified atom stereocenters. The molecular formula is C21H38IN5O2. The van der Waals surface area contributed by atoms with Gasteiger partial charge in [0.25, 0.3) is 0 Å². The standard InChI is InChI=1S/C21H37N5O2.HI/c1-4-17(5-2)19-14-18(28-25-19)15-23-20(22-3)24-16-21(8-12-27-13-9-21)26-10-6-7-11-26;/h14,17H,4-13,15-16H2,1-3H3,(H2,22,23,24);1H. The highest BCUT2D eigenvalue weighted by atomic mass is 127. The Morgan fingerprint density at radius 2 is 1.90 bits per heavy atom. The molecule has 0 bridgehead atoms. The van der Waals surface area contributed by atoms with E-state index in [0.717, 1.165) is 62.9 Å². The Morgan fingerprint density at radius 1 is 1.21 bits per heavy atom. The maximum Gasteiger partial charge on any atom is 0.191 e. The van der Waals surface area contributed by atoms with E-state index in [2.05, 4.69) is 45.6 Å². The van der Waals surface area contributed by atoms with Crippen LogP contribution in [0.5, 0.6) is 0 Å². The van der Waals surface area contributed by atoms with Gasteiger partial charge < -0.3 is 19.9 Å². The predicted molar refractivity (Wildman–Crippen MR) is 127 cm³/mol. The summed E-state index contributed by atoms with van der Waals surface area (Å²) in [6, 6.07) is 2.07. The van der Waals surface area contributed by atoms with Crippen molar-refractivity contribution in [3.8, 4) is 0 Å². The Hall–Kier alpha value is -0.870. The fraction of sp³-hybridized carbons (Fsp3) is 0.810. The molecule has 2 saturated heterocycles. The fourth-order valence-electron chi connectivity index (χ4n) is 4.50. The van der Waals surface area contributed by atoms with Crippen LogP contribution in [-0.4, -0.2) is 61.5 Å². The van der Waals surface area contributed by atoms with Crippen molar-refractivity contribution in [1.29, 1.82) is 0 Å². The lowest BCUT2D eigenvalue weighted by Crippen LogP contribution is -2.58. The third-order valence-corrected chi connectivity index (χ3v) is 6.42. The smallest absolute Gasteiger partial charge is 0.191 e. The van der Waals surface area contributed by atoms with E-state index >= 15 is 0 Å². The molecule has 0 aliphatic carbocycles. The van der Waals surface area contributed by atoms with Crippen molar-refractivity contribution in [2.24, 2.45) is 4.99 Å². The van der Waals surface area contributed by atoms with E-state index < -0.39 is 0 Å². The first-order valence-electron chi connectivity index (χ1n) is 10.9. The summed E-state index contributed by atoms with van der Waals surface area (Å²) in [7, 11) is 1.82. The monoisotopic (exact) mass is 519 g/mol. The number of rotatable bonds is 8. The van der Waals surface area contributed by atoms with Crippen LogP contribution in [0.3, 0.4) is 0 Å². The van der Waals surface area contributed by atoms with E-state index in [1.807, 2.05) is 7.05 Å². The number of hydrogen-bond acceptors (Lipinski definition) is 5. The van der Waals surface area contributed by atoms with Crippen molar-refractivity contribution in [1.82, 2.24) is 20.7 Å². The van der Waals surface area contributed by atoms with Gasteiger partial charge in [-0.05, 0) is 51.6 Å². The van der Waals surface area contributed by atoms with E-state index in [4.69, 9.17) is 9.26 Å². The minimum absolute atomic E-state index is 0. The number of aromatic nitrogens is 1. The topological polar surface area (TPSA) is 74.9 Å². The van der Waals surface area contributed by atoms with Gasteiger partial charge in [0.2, 0.25) is 0 Å². The molecule has 2 aliphatic heterocycles. The van der Waals surface area contributed by atoms with Crippen molar-refractivity contribution >= 4 is 29.9 Å². The zero-order valence-electron chi connectivity index (χ0n) is 18.2. The van der Waals surface area contributed by atoms with Crippen LogP contribution in [0.4, 0.5) is 0 Å². The molecule has 8 heteroatoms. The Kier molecular flexibility index (Phi) is 10.2. The summed E-state index contributed by atoms with van der Waals surface area (Å²) >= 11 is 0. The molecule has 0 saturated carbocycles. The van der Waals surface area contributed by atoms with Crippen molar-refractivity contribution in [2.75, 3.05) is 39.9 Å². The number of likely N-dealkylation sites (tertiary alicyclic amines) is 1. The molecule has 166 valence electrons. The average molecular weight is 519 g/mol. The highest BCUT2D eigenvalue weighted by molar-refractivity contribution is 14.0. The van der Waals surface area contributed by atoms with Crippen LogP contribution < -0.4 is 10.6 Å². The fourth-order valence-corrected chi connectivity index (χ4v) is 4.50.